The lowest BCUT2D eigenvalue weighted by Gasteiger charge is -2.60. The molecule has 0 heterocycles. The Kier molecular flexibility index (Phi) is 5.33. The molecule has 0 saturated heterocycles. The van der Waals surface area contributed by atoms with Crippen molar-refractivity contribution in [2.45, 2.75) is 71.5 Å². The van der Waals surface area contributed by atoms with Crippen LogP contribution in [0.3, 0.4) is 0 Å². The van der Waals surface area contributed by atoms with Gasteiger partial charge < -0.3 is 14.9 Å². The maximum Gasteiger partial charge on any atom is 0.305 e. The van der Waals surface area contributed by atoms with Crippen LogP contribution in [0.5, 0.6) is 0 Å². The summed E-state index contributed by atoms with van der Waals surface area (Å²) in [6, 6.07) is 0. The van der Waals surface area contributed by atoms with Crippen molar-refractivity contribution >= 4 is 17.5 Å². The first-order valence-electron chi connectivity index (χ1n) is 11.5. The second kappa shape index (κ2) is 7.38. The zero-order chi connectivity index (χ0) is 22.8. The molecule has 0 bridgehead atoms. The predicted molar refractivity (Wildman–Crippen MR) is 114 cm³/mol. The lowest BCUT2D eigenvalue weighted by molar-refractivity contribution is -0.182. The first kappa shape index (κ1) is 22.4. The summed E-state index contributed by atoms with van der Waals surface area (Å²) in [6.45, 7) is 7.38. The summed E-state index contributed by atoms with van der Waals surface area (Å²) in [4.78, 5) is 36.6. The molecule has 4 aliphatic carbocycles. The maximum atomic E-state index is 13.0. The van der Waals surface area contributed by atoms with Crippen LogP contribution in [0, 0.1) is 34.5 Å². The molecule has 0 radical (unpaired) electrons. The molecule has 0 unspecified atom stereocenters. The Labute approximate surface area is 183 Å². The van der Waals surface area contributed by atoms with Crippen LogP contribution in [0.4, 0.5) is 0 Å². The number of esters is 1. The minimum absolute atomic E-state index is 0.00428. The summed E-state index contributed by atoms with van der Waals surface area (Å²) >= 11 is 0. The number of Topliss-reactive ketones (excluding diaryl/α,β-unsaturated/α-hetero) is 1. The molecule has 3 saturated carbocycles. The van der Waals surface area contributed by atoms with E-state index in [-0.39, 0.29) is 35.9 Å². The van der Waals surface area contributed by atoms with E-state index in [2.05, 4.69) is 13.8 Å². The Morgan fingerprint density at radius 2 is 2.00 bits per heavy atom. The van der Waals surface area contributed by atoms with Gasteiger partial charge in [-0.1, -0.05) is 39.3 Å². The predicted octanol–water partition coefficient (Wildman–Crippen LogP) is 2.76. The molecular formula is C25H34O6. The molecule has 170 valence electrons. The van der Waals surface area contributed by atoms with E-state index in [9.17, 15) is 24.6 Å². The van der Waals surface area contributed by atoms with E-state index in [1.165, 1.54) is 0 Å². The molecule has 0 aromatic rings. The van der Waals surface area contributed by atoms with Crippen LogP contribution in [0.15, 0.2) is 23.8 Å². The third kappa shape index (κ3) is 3.09. The number of rotatable bonds is 4. The third-order valence-corrected chi connectivity index (χ3v) is 9.08. The molecule has 6 heteroatoms. The minimum Gasteiger partial charge on any atom is -0.458 e. The summed E-state index contributed by atoms with van der Waals surface area (Å²) in [5, 5.41) is 23.0. The van der Waals surface area contributed by atoms with Crippen molar-refractivity contribution in [3.8, 4) is 0 Å². The van der Waals surface area contributed by atoms with Gasteiger partial charge in [0.15, 0.2) is 12.4 Å². The van der Waals surface area contributed by atoms with E-state index in [0.29, 0.717) is 19.3 Å². The molecule has 2 N–H and O–H groups in total. The first-order valence-corrected chi connectivity index (χ1v) is 11.5. The normalized spacial score (nSPS) is 45.9. The van der Waals surface area contributed by atoms with E-state index >= 15 is 0 Å². The van der Waals surface area contributed by atoms with Crippen molar-refractivity contribution < 1.29 is 29.3 Å². The topological polar surface area (TPSA) is 101 Å². The van der Waals surface area contributed by atoms with Crippen LogP contribution in [0.25, 0.3) is 0 Å². The second-order valence-electron chi connectivity index (χ2n) is 10.6. The Bertz CT molecular complexity index is 873. The molecular weight excluding hydrogens is 396 g/mol. The highest BCUT2D eigenvalue weighted by Gasteiger charge is 2.68. The number of carbonyl (C=O) groups excluding carboxylic acids is 3. The van der Waals surface area contributed by atoms with Gasteiger partial charge in [-0.05, 0) is 55.6 Å². The molecule has 0 spiro atoms. The Balaban J connectivity index is 1.66. The number of hydrogen-bond acceptors (Lipinski definition) is 6. The highest BCUT2D eigenvalue weighted by molar-refractivity contribution is 6.01. The number of carbonyl (C=O) groups is 3. The molecule has 3 fully saturated rings. The van der Waals surface area contributed by atoms with E-state index < -0.39 is 40.9 Å². The van der Waals surface area contributed by atoms with Gasteiger partial charge in [-0.25, -0.2) is 0 Å². The largest absolute Gasteiger partial charge is 0.458 e. The average Bonchev–Trinajstić information content (AvgIpc) is 2.98. The van der Waals surface area contributed by atoms with E-state index in [4.69, 9.17) is 4.74 Å². The number of hydrogen-bond donors (Lipinski definition) is 2. The summed E-state index contributed by atoms with van der Waals surface area (Å²) in [5.41, 5.74) is -1.72. The van der Waals surface area contributed by atoms with Gasteiger partial charge in [-0.2, -0.15) is 0 Å². The highest BCUT2D eigenvalue weighted by atomic mass is 16.5. The molecule has 0 amide bonds. The summed E-state index contributed by atoms with van der Waals surface area (Å²) in [7, 11) is 0. The molecule has 0 aromatic heterocycles. The number of ether oxygens (including phenoxy) is 1. The number of allylic oxidation sites excluding steroid dienone is 4. The van der Waals surface area contributed by atoms with Crippen molar-refractivity contribution in [2.24, 2.45) is 34.5 Å². The molecule has 6 nitrogen and oxygen atoms in total. The zero-order valence-electron chi connectivity index (χ0n) is 18.9. The molecule has 4 rings (SSSR count). The van der Waals surface area contributed by atoms with Crippen LogP contribution in [-0.2, 0) is 19.1 Å². The fraction of sp³-hybridized carbons (Fsp3) is 0.720. The summed E-state index contributed by atoms with van der Waals surface area (Å²) in [6.07, 6.45) is 6.90. The summed E-state index contributed by atoms with van der Waals surface area (Å²) < 4.78 is 5.04. The Hall–Kier alpha value is -1.79. The lowest BCUT2D eigenvalue weighted by Crippen LogP contribution is -2.62. The fourth-order valence-electron chi connectivity index (χ4n) is 7.58. The van der Waals surface area contributed by atoms with Gasteiger partial charge in [0.1, 0.15) is 5.60 Å². The van der Waals surface area contributed by atoms with Gasteiger partial charge in [-0.15, -0.1) is 0 Å². The van der Waals surface area contributed by atoms with Crippen LogP contribution in [0.1, 0.15) is 59.8 Å². The Morgan fingerprint density at radius 3 is 2.68 bits per heavy atom. The first-order chi connectivity index (χ1) is 14.5. The van der Waals surface area contributed by atoms with Crippen molar-refractivity contribution in [1.29, 1.82) is 0 Å². The van der Waals surface area contributed by atoms with Gasteiger partial charge >= 0.3 is 5.97 Å². The Morgan fingerprint density at radius 1 is 1.29 bits per heavy atom. The molecule has 0 aliphatic heterocycles. The smallest absolute Gasteiger partial charge is 0.305 e. The van der Waals surface area contributed by atoms with Crippen LogP contribution < -0.4 is 0 Å². The monoisotopic (exact) mass is 430 g/mol. The number of fused-ring (bicyclic) bond motifs is 5. The molecule has 8 atom stereocenters. The van der Waals surface area contributed by atoms with Gasteiger partial charge in [0.25, 0.3) is 0 Å². The van der Waals surface area contributed by atoms with Gasteiger partial charge in [0, 0.05) is 23.2 Å². The molecule has 0 aromatic carbocycles. The van der Waals surface area contributed by atoms with E-state index in [0.717, 1.165) is 12.0 Å². The van der Waals surface area contributed by atoms with Crippen LogP contribution in [-0.4, -0.2) is 46.1 Å². The van der Waals surface area contributed by atoms with E-state index in [1.54, 1.807) is 19.1 Å². The van der Waals surface area contributed by atoms with Crippen molar-refractivity contribution in [3.05, 3.63) is 23.8 Å². The highest BCUT2D eigenvalue weighted by Crippen LogP contribution is 2.67. The van der Waals surface area contributed by atoms with Gasteiger partial charge in [-0.3, -0.25) is 14.4 Å². The summed E-state index contributed by atoms with van der Waals surface area (Å²) in [5.74, 6) is -0.615. The van der Waals surface area contributed by atoms with Crippen molar-refractivity contribution in [3.63, 3.8) is 0 Å². The van der Waals surface area contributed by atoms with Gasteiger partial charge in [0.05, 0.1) is 6.10 Å². The average molecular weight is 431 g/mol. The van der Waals surface area contributed by atoms with Crippen LogP contribution >= 0.6 is 0 Å². The fourth-order valence-corrected chi connectivity index (χ4v) is 7.58. The van der Waals surface area contributed by atoms with Crippen molar-refractivity contribution in [1.82, 2.24) is 0 Å². The standard InChI is InChI=1S/C25H34O6/c1-5-21(29)31-13-20(28)25(30)9-7-17-16-10-14(2)18-11-15(26)6-8-23(18,3)22(16)19(27)12-24(17,25)4/h6,8,11,14,16-17,19,22,27,30H,5,7,9-10,12-13H2,1-4H3/t14-,16-,17-,19-,22+,23-,24-,25+/m0/s1. The zero-order valence-corrected chi connectivity index (χ0v) is 18.9. The second-order valence-corrected chi connectivity index (χ2v) is 10.6. The SMILES string of the molecule is CCC(=O)OCC(=O)[C@]1(O)CC[C@H]2[C@@H]3C[C@H](C)C4=CC(=O)C=C[C@]4(C)[C@H]3[C@@H](O)C[C@@]21C. The number of aliphatic hydroxyl groups excluding tert-OH is 1. The minimum atomic E-state index is -1.61. The van der Waals surface area contributed by atoms with Gasteiger partial charge in [0.2, 0.25) is 5.78 Å². The number of ketones is 2. The van der Waals surface area contributed by atoms with E-state index in [1.807, 2.05) is 13.0 Å². The molecule has 4 aliphatic rings. The third-order valence-electron chi connectivity index (χ3n) is 9.08. The molecule has 31 heavy (non-hydrogen) atoms. The van der Waals surface area contributed by atoms with Crippen molar-refractivity contribution in [2.75, 3.05) is 6.61 Å². The lowest BCUT2D eigenvalue weighted by atomic mass is 9.45. The number of aliphatic hydroxyl groups is 2. The van der Waals surface area contributed by atoms with Crippen LogP contribution in [0.2, 0.25) is 0 Å². The maximum absolute atomic E-state index is 13.0. The quantitative estimate of drug-likeness (QED) is 0.665.